The van der Waals surface area contributed by atoms with E-state index in [4.69, 9.17) is 11.5 Å². The Hall–Kier alpha value is -1.10. The first kappa shape index (κ1) is 9.98. The molecule has 0 saturated heterocycles. The van der Waals surface area contributed by atoms with Gasteiger partial charge in [-0.25, -0.2) is 0 Å². The maximum Gasteiger partial charge on any atom is 0.220 e. The number of aliphatic hydroxyl groups excluding tert-OH is 1. The van der Waals surface area contributed by atoms with Crippen LogP contribution in [0.25, 0.3) is 0 Å². The minimum atomic E-state index is -0.635. The van der Waals surface area contributed by atoms with Gasteiger partial charge >= 0.3 is 0 Å². The third-order valence-electron chi connectivity index (χ3n) is 2.49. The van der Waals surface area contributed by atoms with Crippen molar-refractivity contribution < 1.29 is 14.7 Å². The molecule has 0 aromatic heterocycles. The zero-order valence-corrected chi connectivity index (χ0v) is 7.27. The summed E-state index contributed by atoms with van der Waals surface area (Å²) in [5.41, 5.74) is 10.2. The molecule has 5 N–H and O–H groups in total. The third kappa shape index (κ3) is 2.42. The molecule has 5 nitrogen and oxygen atoms in total. The van der Waals surface area contributed by atoms with Gasteiger partial charge in [-0.3, -0.25) is 9.59 Å². The normalized spacial score (nSPS) is 34.1. The molecule has 0 aliphatic heterocycles. The van der Waals surface area contributed by atoms with E-state index in [1.165, 1.54) is 0 Å². The van der Waals surface area contributed by atoms with Crippen LogP contribution in [0.15, 0.2) is 0 Å². The Balaban J connectivity index is 2.62. The predicted octanol–water partition coefficient (Wildman–Crippen LogP) is -1.27. The first-order valence-corrected chi connectivity index (χ1v) is 4.27. The smallest absolute Gasteiger partial charge is 0.220 e. The lowest BCUT2D eigenvalue weighted by Crippen LogP contribution is -2.39. The quantitative estimate of drug-likeness (QED) is 0.500. The second kappa shape index (κ2) is 3.74. The number of hydrogen-bond acceptors (Lipinski definition) is 3. The molecule has 5 heteroatoms. The SMILES string of the molecule is NC(=O)C1CC(O)CC(C(N)=O)C1. The molecule has 1 rings (SSSR count). The Bertz CT molecular complexity index is 207. The van der Waals surface area contributed by atoms with Crippen molar-refractivity contribution in [1.29, 1.82) is 0 Å². The van der Waals surface area contributed by atoms with Crippen LogP contribution in [0.2, 0.25) is 0 Å². The summed E-state index contributed by atoms with van der Waals surface area (Å²) in [5, 5.41) is 9.33. The largest absolute Gasteiger partial charge is 0.393 e. The van der Waals surface area contributed by atoms with Crippen LogP contribution >= 0.6 is 0 Å². The zero-order chi connectivity index (χ0) is 10.0. The summed E-state index contributed by atoms with van der Waals surface area (Å²) in [5.74, 6) is -1.77. The van der Waals surface area contributed by atoms with E-state index in [0.717, 1.165) is 0 Å². The molecule has 1 aliphatic carbocycles. The highest BCUT2D eigenvalue weighted by Crippen LogP contribution is 2.28. The van der Waals surface area contributed by atoms with Crippen molar-refractivity contribution in [2.45, 2.75) is 25.4 Å². The van der Waals surface area contributed by atoms with Gasteiger partial charge in [-0.05, 0) is 19.3 Å². The Morgan fingerprint density at radius 2 is 1.38 bits per heavy atom. The van der Waals surface area contributed by atoms with Crippen LogP contribution < -0.4 is 11.5 Å². The number of rotatable bonds is 2. The number of nitrogens with two attached hydrogens (primary N) is 2. The van der Waals surface area contributed by atoms with E-state index < -0.39 is 29.8 Å². The lowest BCUT2D eigenvalue weighted by Gasteiger charge is -2.28. The van der Waals surface area contributed by atoms with Crippen molar-refractivity contribution in [3.05, 3.63) is 0 Å². The first-order valence-electron chi connectivity index (χ1n) is 4.27. The van der Waals surface area contributed by atoms with Gasteiger partial charge in [0.1, 0.15) is 0 Å². The number of amides is 2. The average Bonchev–Trinajstić information content (AvgIpc) is 2.03. The van der Waals surface area contributed by atoms with E-state index in [9.17, 15) is 14.7 Å². The first-order chi connectivity index (χ1) is 6.00. The fourth-order valence-electron chi connectivity index (χ4n) is 1.75. The highest BCUT2D eigenvalue weighted by atomic mass is 16.3. The van der Waals surface area contributed by atoms with Gasteiger partial charge in [0.15, 0.2) is 0 Å². The molecule has 0 bridgehead atoms. The lowest BCUT2D eigenvalue weighted by atomic mass is 9.79. The van der Waals surface area contributed by atoms with Gasteiger partial charge in [0.2, 0.25) is 11.8 Å². The maximum absolute atomic E-state index is 10.8. The van der Waals surface area contributed by atoms with E-state index in [0.29, 0.717) is 19.3 Å². The summed E-state index contributed by atoms with van der Waals surface area (Å²) in [7, 11) is 0. The van der Waals surface area contributed by atoms with Crippen LogP contribution in [0.3, 0.4) is 0 Å². The van der Waals surface area contributed by atoms with Gasteiger partial charge in [-0.2, -0.15) is 0 Å². The summed E-state index contributed by atoms with van der Waals surface area (Å²) in [6.07, 6.45) is 0.434. The summed E-state index contributed by atoms with van der Waals surface area (Å²) in [6, 6.07) is 0. The van der Waals surface area contributed by atoms with E-state index in [-0.39, 0.29) is 0 Å². The van der Waals surface area contributed by atoms with Crippen LogP contribution in [0, 0.1) is 11.8 Å². The highest BCUT2D eigenvalue weighted by molar-refractivity contribution is 5.80. The number of aliphatic hydroxyl groups is 1. The molecule has 1 aliphatic rings. The fourth-order valence-corrected chi connectivity index (χ4v) is 1.75. The number of carbonyl (C=O) groups excluding carboxylic acids is 2. The molecule has 1 saturated carbocycles. The van der Waals surface area contributed by atoms with Gasteiger partial charge in [-0.1, -0.05) is 0 Å². The minimum Gasteiger partial charge on any atom is -0.393 e. The van der Waals surface area contributed by atoms with Crippen LogP contribution in [-0.2, 0) is 9.59 Å². The fraction of sp³-hybridized carbons (Fsp3) is 0.750. The number of hydrogen-bond donors (Lipinski definition) is 3. The van der Waals surface area contributed by atoms with Crippen molar-refractivity contribution in [3.63, 3.8) is 0 Å². The molecular weight excluding hydrogens is 172 g/mol. The monoisotopic (exact) mass is 186 g/mol. The minimum absolute atomic E-state index is 0.346. The van der Waals surface area contributed by atoms with Crippen molar-refractivity contribution in [3.8, 4) is 0 Å². The molecule has 0 radical (unpaired) electrons. The summed E-state index contributed by atoms with van der Waals surface area (Å²) >= 11 is 0. The van der Waals surface area contributed by atoms with Crippen LogP contribution in [0.1, 0.15) is 19.3 Å². The molecule has 0 aromatic rings. The topological polar surface area (TPSA) is 106 Å². The number of primary amides is 2. The van der Waals surface area contributed by atoms with Crippen LogP contribution in [0.5, 0.6) is 0 Å². The molecule has 0 heterocycles. The second-order valence-electron chi connectivity index (χ2n) is 3.56. The van der Waals surface area contributed by atoms with Gasteiger partial charge in [-0.15, -0.1) is 0 Å². The number of carbonyl (C=O) groups is 2. The van der Waals surface area contributed by atoms with Crippen LogP contribution in [0.4, 0.5) is 0 Å². The molecule has 2 amide bonds. The van der Waals surface area contributed by atoms with Gasteiger partial charge in [0, 0.05) is 11.8 Å². The van der Waals surface area contributed by atoms with Gasteiger partial charge in [0.05, 0.1) is 6.10 Å². The van der Waals surface area contributed by atoms with Crippen molar-refractivity contribution in [2.24, 2.45) is 23.3 Å². The second-order valence-corrected chi connectivity index (χ2v) is 3.56. The Labute approximate surface area is 76.1 Å². The van der Waals surface area contributed by atoms with Gasteiger partial charge in [0.25, 0.3) is 0 Å². The molecule has 2 atom stereocenters. The van der Waals surface area contributed by atoms with Crippen molar-refractivity contribution in [1.82, 2.24) is 0 Å². The molecule has 74 valence electrons. The molecule has 0 aromatic carbocycles. The molecular formula is C8H14N2O3. The van der Waals surface area contributed by atoms with Gasteiger partial charge < -0.3 is 16.6 Å². The predicted molar refractivity (Wildman–Crippen MR) is 45.2 cm³/mol. The molecule has 13 heavy (non-hydrogen) atoms. The third-order valence-corrected chi connectivity index (χ3v) is 2.49. The Morgan fingerprint density at radius 1 is 1.00 bits per heavy atom. The summed E-state index contributed by atoms with van der Waals surface area (Å²) in [6.45, 7) is 0. The standard InChI is InChI=1S/C8H14N2O3/c9-7(12)4-1-5(8(10)13)3-6(11)2-4/h4-6,11H,1-3H2,(H2,9,12)(H2,10,13). The van der Waals surface area contributed by atoms with E-state index in [1.807, 2.05) is 0 Å². The van der Waals surface area contributed by atoms with E-state index in [2.05, 4.69) is 0 Å². The Kier molecular flexibility index (Phi) is 2.87. The Morgan fingerprint density at radius 3 is 1.69 bits per heavy atom. The van der Waals surface area contributed by atoms with Crippen molar-refractivity contribution in [2.75, 3.05) is 0 Å². The summed E-state index contributed by atoms with van der Waals surface area (Å²) in [4.78, 5) is 21.7. The van der Waals surface area contributed by atoms with Crippen molar-refractivity contribution >= 4 is 11.8 Å². The van der Waals surface area contributed by atoms with E-state index >= 15 is 0 Å². The summed E-state index contributed by atoms with van der Waals surface area (Å²) < 4.78 is 0. The highest BCUT2D eigenvalue weighted by Gasteiger charge is 2.33. The average molecular weight is 186 g/mol. The van der Waals surface area contributed by atoms with E-state index in [1.54, 1.807) is 0 Å². The lowest BCUT2D eigenvalue weighted by molar-refractivity contribution is -0.129. The molecule has 1 fully saturated rings. The zero-order valence-electron chi connectivity index (χ0n) is 7.27. The molecule has 0 spiro atoms. The van der Waals surface area contributed by atoms with Crippen LogP contribution in [-0.4, -0.2) is 23.0 Å². The molecule has 2 unspecified atom stereocenters. The maximum atomic E-state index is 10.8.